The third kappa shape index (κ3) is 5.71. The van der Waals surface area contributed by atoms with E-state index >= 15 is 0 Å². The van der Waals surface area contributed by atoms with Crippen LogP contribution in [0.25, 0.3) is 0 Å². The summed E-state index contributed by atoms with van der Waals surface area (Å²) in [6.45, 7) is 14.6. The van der Waals surface area contributed by atoms with Gasteiger partial charge in [0.05, 0.1) is 0 Å². The second-order valence-electron chi connectivity index (χ2n) is 7.03. The molecule has 0 aliphatic heterocycles. The maximum Gasteiger partial charge on any atom is 0.245 e. The first-order valence-corrected chi connectivity index (χ1v) is 5.91. The zero-order valence-electron chi connectivity index (χ0n) is 12.3. The van der Waals surface area contributed by atoms with E-state index in [1.54, 1.807) is 13.8 Å². The van der Waals surface area contributed by atoms with E-state index in [0.717, 1.165) is 0 Å². The van der Waals surface area contributed by atoms with Crippen LogP contribution in [0.15, 0.2) is 0 Å². The van der Waals surface area contributed by atoms with Gasteiger partial charge in [-0.2, -0.15) is 0 Å². The first kappa shape index (κ1) is 15.9. The fourth-order valence-corrected chi connectivity index (χ4v) is 1.02. The lowest BCUT2D eigenvalue weighted by atomic mass is 9.92. The van der Waals surface area contributed by atoms with Crippen molar-refractivity contribution in [2.24, 2.45) is 5.41 Å². The first-order valence-electron chi connectivity index (χ1n) is 5.91. The summed E-state index contributed by atoms with van der Waals surface area (Å²) in [4.78, 5) is 23.9. The van der Waals surface area contributed by atoms with Crippen LogP contribution in [0.4, 0.5) is 0 Å². The molecular formula is C13H26N2O2. The van der Waals surface area contributed by atoms with Crippen molar-refractivity contribution >= 4 is 11.8 Å². The van der Waals surface area contributed by atoms with Crippen molar-refractivity contribution in [3.8, 4) is 0 Å². The van der Waals surface area contributed by atoms with E-state index in [1.807, 2.05) is 41.5 Å². The van der Waals surface area contributed by atoms with Gasteiger partial charge in [0.15, 0.2) is 0 Å². The Balaban J connectivity index is 4.70. The summed E-state index contributed by atoms with van der Waals surface area (Å²) >= 11 is 0. The molecule has 0 bridgehead atoms. The Morgan fingerprint density at radius 3 is 1.41 bits per heavy atom. The van der Waals surface area contributed by atoms with Gasteiger partial charge in [0, 0.05) is 11.0 Å². The number of amides is 2. The Kier molecular flexibility index (Phi) is 4.38. The minimum atomic E-state index is -0.905. The molecule has 0 aromatic heterocycles. The molecule has 4 nitrogen and oxygen atoms in total. The van der Waals surface area contributed by atoms with Gasteiger partial charge in [0.1, 0.15) is 5.54 Å². The van der Waals surface area contributed by atoms with Crippen molar-refractivity contribution in [2.75, 3.05) is 0 Å². The monoisotopic (exact) mass is 242 g/mol. The van der Waals surface area contributed by atoms with Gasteiger partial charge in [-0.1, -0.05) is 20.8 Å². The topological polar surface area (TPSA) is 58.2 Å². The maximum atomic E-state index is 12.0. The summed E-state index contributed by atoms with van der Waals surface area (Å²) < 4.78 is 0. The Morgan fingerprint density at radius 2 is 1.12 bits per heavy atom. The molecular weight excluding hydrogens is 216 g/mol. The van der Waals surface area contributed by atoms with Crippen molar-refractivity contribution in [3.05, 3.63) is 0 Å². The number of hydrogen-bond donors (Lipinski definition) is 2. The van der Waals surface area contributed by atoms with Crippen LogP contribution in [-0.4, -0.2) is 22.9 Å². The van der Waals surface area contributed by atoms with E-state index in [9.17, 15) is 9.59 Å². The average molecular weight is 242 g/mol. The van der Waals surface area contributed by atoms with Crippen LogP contribution < -0.4 is 10.6 Å². The normalized spacial score (nSPS) is 13.2. The second-order valence-corrected chi connectivity index (χ2v) is 7.03. The van der Waals surface area contributed by atoms with E-state index < -0.39 is 11.0 Å². The Labute approximate surface area is 105 Å². The molecule has 4 heteroatoms. The van der Waals surface area contributed by atoms with Crippen molar-refractivity contribution < 1.29 is 9.59 Å². The van der Waals surface area contributed by atoms with E-state index in [-0.39, 0.29) is 17.4 Å². The molecule has 0 saturated heterocycles. The van der Waals surface area contributed by atoms with Crippen LogP contribution >= 0.6 is 0 Å². The van der Waals surface area contributed by atoms with E-state index in [4.69, 9.17) is 0 Å². The van der Waals surface area contributed by atoms with Crippen molar-refractivity contribution in [1.82, 2.24) is 10.6 Å². The Morgan fingerprint density at radius 1 is 0.706 bits per heavy atom. The second kappa shape index (κ2) is 4.67. The van der Waals surface area contributed by atoms with Crippen LogP contribution in [-0.2, 0) is 9.59 Å². The molecule has 0 spiro atoms. The molecule has 2 N–H and O–H groups in total. The molecule has 0 aliphatic rings. The third-order valence-corrected chi connectivity index (χ3v) is 2.16. The molecule has 0 heterocycles. The lowest BCUT2D eigenvalue weighted by molar-refractivity contribution is -0.137. The molecule has 0 rings (SSSR count). The SMILES string of the molecule is CC(C)(C)NC(=O)C(C)(C)NC(=O)C(C)(C)C. The largest absolute Gasteiger partial charge is 0.349 e. The molecule has 0 radical (unpaired) electrons. The predicted octanol–water partition coefficient (Wildman–Crippen LogP) is 1.84. The summed E-state index contributed by atoms with van der Waals surface area (Å²) in [6.07, 6.45) is 0. The molecule has 0 atom stereocenters. The van der Waals surface area contributed by atoms with Crippen LogP contribution in [0.1, 0.15) is 55.4 Å². The zero-order chi connectivity index (χ0) is 14.1. The molecule has 0 aliphatic carbocycles. The lowest BCUT2D eigenvalue weighted by Gasteiger charge is -2.32. The van der Waals surface area contributed by atoms with Crippen LogP contribution in [0.3, 0.4) is 0 Å². The number of rotatable bonds is 2. The summed E-state index contributed by atoms with van der Waals surface area (Å²) in [5.74, 6) is -0.311. The van der Waals surface area contributed by atoms with Crippen molar-refractivity contribution in [1.29, 1.82) is 0 Å². The van der Waals surface area contributed by atoms with Gasteiger partial charge in [0.25, 0.3) is 0 Å². The highest BCUT2D eigenvalue weighted by Gasteiger charge is 2.34. The standard InChI is InChI=1S/C13H26N2O2/c1-11(2,3)9(16)15-13(7,8)10(17)14-12(4,5)6/h1-8H3,(H,14,17)(H,15,16). The van der Waals surface area contributed by atoms with Gasteiger partial charge in [-0.25, -0.2) is 0 Å². The molecule has 0 aromatic rings. The van der Waals surface area contributed by atoms with E-state index in [2.05, 4.69) is 10.6 Å². The van der Waals surface area contributed by atoms with E-state index in [1.165, 1.54) is 0 Å². The highest BCUT2D eigenvalue weighted by atomic mass is 16.2. The molecule has 0 fully saturated rings. The van der Waals surface area contributed by atoms with Gasteiger partial charge in [-0.05, 0) is 34.6 Å². The van der Waals surface area contributed by atoms with Crippen LogP contribution in [0.5, 0.6) is 0 Å². The third-order valence-electron chi connectivity index (χ3n) is 2.16. The lowest BCUT2D eigenvalue weighted by Crippen LogP contribution is -2.59. The highest BCUT2D eigenvalue weighted by Crippen LogP contribution is 2.16. The summed E-state index contributed by atoms with van der Waals surface area (Å²) in [5.41, 5.74) is -1.71. The Hall–Kier alpha value is -1.06. The summed E-state index contributed by atoms with van der Waals surface area (Å²) in [5, 5.41) is 5.63. The van der Waals surface area contributed by atoms with Gasteiger partial charge < -0.3 is 10.6 Å². The highest BCUT2D eigenvalue weighted by molar-refractivity contribution is 5.92. The van der Waals surface area contributed by atoms with Gasteiger partial charge >= 0.3 is 0 Å². The number of carbonyl (C=O) groups excluding carboxylic acids is 2. The Bertz CT molecular complexity index is 306. The van der Waals surface area contributed by atoms with Gasteiger partial charge in [-0.3, -0.25) is 9.59 Å². The fourth-order valence-electron chi connectivity index (χ4n) is 1.02. The zero-order valence-corrected chi connectivity index (χ0v) is 12.3. The summed E-state index contributed by atoms with van der Waals surface area (Å²) in [7, 11) is 0. The first-order chi connectivity index (χ1) is 7.26. The minimum absolute atomic E-state index is 0.133. The number of hydrogen-bond acceptors (Lipinski definition) is 2. The number of nitrogens with one attached hydrogen (secondary N) is 2. The predicted molar refractivity (Wildman–Crippen MR) is 69.6 cm³/mol. The molecule has 100 valence electrons. The molecule has 2 amide bonds. The molecule has 17 heavy (non-hydrogen) atoms. The molecule has 0 unspecified atom stereocenters. The fraction of sp³-hybridized carbons (Fsp3) is 0.846. The smallest absolute Gasteiger partial charge is 0.245 e. The van der Waals surface area contributed by atoms with E-state index in [0.29, 0.717) is 0 Å². The maximum absolute atomic E-state index is 12.0. The van der Waals surface area contributed by atoms with Crippen molar-refractivity contribution in [2.45, 2.75) is 66.5 Å². The average Bonchev–Trinajstić information content (AvgIpc) is 1.97. The quantitative estimate of drug-likeness (QED) is 0.776. The summed E-state index contributed by atoms with van der Waals surface area (Å²) in [6, 6.07) is 0. The van der Waals surface area contributed by atoms with Gasteiger partial charge in [0.2, 0.25) is 11.8 Å². The minimum Gasteiger partial charge on any atom is -0.349 e. The van der Waals surface area contributed by atoms with Crippen LogP contribution in [0, 0.1) is 5.41 Å². The molecule has 0 saturated carbocycles. The molecule has 0 aromatic carbocycles. The van der Waals surface area contributed by atoms with Gasteiger partial charge in [-0.15, -0.1) is 0 Å². The van der Waals surface area contributed by atoms with Crippen LogP contribution in [0.2, 0.25) is 0 Å². The number of carbonyl (C=O) groups is 2. The van der Waals surface area contributed by atoms with Crippen molar-refractivity contribution in [3.63, 3.8) is 0 Å².